The lowest BCUT2D eigenvalue weighted by molar-refractivity contribution is -0.688. The van der Waals surface area contributed by atoms with Gasteiger partial charge in [-0.3, -0.25) is 0 Å². The van der Waals surface area contributed by atoms with Crippen molar-refractivity contribution in [3.63, 3.8) is 0 Å². The zero-order chi connectivity index (χ0) is 42.7. The summed E-state index contributed by atoms with van der Waals surface area (Å²) in [5.41, 5.74) is 19.7. The number of rotatable bonds is 0. The Labute approximate surface area is 375 Å². The first kappa shape index (κ1) is 38.8. The van der Waals surface area contributed by atoms with Gasteiger partial charge in [0.1, 0.15) is 0 Å². The van der Waals surface area contributed by atoms with E-state index in [1.807, 2.05) is 0 Å². The summed E-state index contributed by atoms with van der Waals surface area (Å²) in [5.74, 6) is 0. The Morgan fingerprint density at radius 1 is 0.156 bits per heavy atom. The molecule has 0 amide bonds. The molecule has 0 unspecified atom stereocenters. The number of aromatic nitrogens is 4. The van der Waals surface area contributed by atoms with Gasteiger partial charge >= 0.3 is 0 Å². The molecule has 38 rings (SSSR count). The molecule has 0 saturated carbocycles. The molecule has 6 aromatic carbocycles. The first-order valence-corrected chi connectivity index (χ1v) is 22.1. The molecular formula is C60H48N4+4. The molecule has 20 bridgehead atoms. The molecule has 28 aliphatic heterocycles. The molecule has 0 saturated heterocycles. The van der Waals surface area contributed by atoms with Gasteiger partial charge in [-0.2, -0.15) is 0 Å². The molecule has 4 aromatic heterocycles. The second-order valence-electron chi connectivity index (χ2n) is 17.0. The van der Waals surface area contributed by atoms with Crippen molar-refractivity contribution in [2.24, 2.45) is 0 Å². The van der Waals surface area contributed by atoms with Gasteiger partial charge < -0.3 is 0 Å². The van der Waals surface area contributed by atoms with Crippen molar-refractivity contribution in [3.05, 3.63) is 266 Å². The Balaban J connectivity index is 0.837. The second kappa shape index (κ2) is 17.4. The maximum absolute atomic E-state index is 2.24. The minimum absolute atomic E-state index is 0.821. The summed E-state index contributed by atoms with van der Waals surface area (Å²) in [7, 11) is 0. The maximum atomic E-state index is 2.24. The fourth-order valence-electron chi connectivity index (χ4n) is 8.78. The molecule has 4 heteroatoms. The minimum Gasteiger partial charge on any atom is -0.201 e. The van der Waals surface area contributed by atoms with E-state index in [1.54, 1.807) is 0 Å². The van der Waals surface area contributed by atoms with Gasteiger partial charge in [0.15, 0.2) is 75.8 Å². The van der Waals surface area contributed by atoms with Crippen LogP contribution in [0.2, 0.25) is 0 Å². The highest BCUT2D eigenvalue weighted by Gasteiger charge is 2.12. The first-order valence-electron chi connectivity index (χ1n) is 22.1. The summed E-state index contributed by atoms with van der Waals surface area (Å²) < 4.78 is 8.97. The number of nitrogens with zero attached hydrogens (tertiary/aromatic N) is 4. The van der Waals surface area contributed by atoms with Crippen LogP contribution in [0.4, 0.5) is 0 Å². The predicted molar refractivity (Wildman–Crippen MR) is 256 cm³/mol. The Morgan fingerprint density at radius 3 is 0.438 bits per heavy atom. The van der Waals surface area contributed by atoms with Crippen LogP contribution in [0.25, 0.3) is 66.8 Å². The van der Waals surface area contributed by atoms with Crippen molar-refractivity contribution >= 4 is 0 Å². The van der Waals surface area contributed by atoms with Gasteiger partial charge in [-0.15, -0.1) is 0 Å². The van der Waals surface area contributed by atoms with E-state index < -0.39 is 0 Å². The Hall–Kier alpha value is -8.08. The van der Waals surface area contributed by atoms with Crippen LogP contribution >= 0.6 is 0 Å². The Morgan fingerprint density at radius 2 is 0.281 bits per heavy atom. The lowest BCUT2D eigenvalue weighted by Gasteiger charge is -2.07. The van der Waals surface area contributed by atoms with E-state index in [2.05, 4.69) is 262 Å². The van der Waals surface area contributed by atoms with Crippen molar-refractivity contribution in [1.29, 1.82) is 0 Å². The highest BCUT2D eigenvalue weighted by molar-refractivity contribution is 5.71. The standard InChI is InChI=1S/C60H48N4/c1-9-49-10-2-45(1)41-61-33-25-57(26-34-61)53-17-19-54(20-18-53)59-29-37-63(38-30-59)43-47-5-13-51(14-6-47)52-15-7-48(8-16-52)44-64-39-31-60(32-40-64)56-23-21-55(22-24-56)58-27-35-62(36-28-58)42-46-3-11-50(49)12-4-46/h1-40H,41-44H2/q+4. The summed E-state index contributed by atoms with van der Waals surface area (Å²) in [6, 6.07) is 71.3. The van der Waals surface area contributed by atoms with Gasteiger partial charge in [0, 0.05) is 70.8 Å². The quantitative estimate of drug-likeness (QED) is 0.135. The zero-order valence-corrected chi connectivity index (χ0v) is 35.7. The van der Waals surface area contributed by atoms with E-state index >= 15 is 0 Å². The van der Waals surface area contributed by atoms with Gasteiger partial charge in [-0.1, -0.05) is 146 Å². The number of benzene rings is 6. The second-order valence-corrected chi connectivity index (χ2v) is 17.0. The van der Waals surface area contributed by atoms with E-state index in [1.165, 1.54) is 89.0 Å². The number of hydrogen-bond acceptors (Lipinski definition) is 0. The van der Waals surface area contributed by atoms with Crippen molar-refractivity contribution in [1.82, 2.24) is 0 Å². The number of pyridine rings is 4. The third kappa shape index (κ3) is 8.68. The molecular weight excluding hydrogens is 777 g/mol. The molecule has 0 radical (unpaired) electrons. The van der Waals surface area contributed by atoms with Gasteiger partial charge in [-0.05, 0) is 66.8 Å². The Kier molecular flexibility index (Phi) is 10.5. The average Bonchev–Trinajstić information content (AvgIpc) is 3.36. The lowest BCUT2D eigenvalue weighted by atomic mass is 10.0. The summed E-state index contributed by atoms with van der Waals surface area (Å²) in [4.78, 5) is 0. The van der Waals surface area contributed by atoms with Crippen molar-refractivity contribution in [2.75, 3.05) is 0 Å². The van der Waals surface area contributed by atoms with E-state index in [-0.39, 0.29) is 0 Å². The van der Waals surface area contributed by atoms with Crippen LogP contribution < -0.4 is 18.3 Å². The fraction of sp³-hybridized carbons (Fsp3) is 0.0667. The van der Waals surface area contributed by atoms with Crippen LogP contribution in [-0.2, 0) is 26.2 Å². The first-order chi connectivity index (χ1) is 31.6. The molecule has 4 nitrogen and oxygen atoms in total. The fourth-order valence-corrected chi connectivity index (χ4v) is 8.78. The summed E-state index contributed by atoms with van der Waals surface area (Å²) in [5, 5.41) is 0. The van der Waals surface area contributed by atoms with Gasteiger partial charge in [-0.25, -0.2) is 18.3 Å². The zero-order valence-electron chi connectivity index (χ0n) is 35.7. The summed E-state index contributed by atoms with van der Waals surface area (Å²) in [6.07, 6.45) is 17.4. The molecule has 10 aromatic rings. The predicted octanol–water partition coefficient (Wildman–Crippen LogP) is 11.3. The molecule has 32 heterocycles. The van der Waals surface area contributed by atoms with Crippen LogP contribution in [-0.4, -0.2) is 0 Å². The average molecular weight is 825 g/mol. The van der Waals surface area contributed by atoms with Crippen LogP contribution in [0.5, 0.6) is 0 Å². The monoisotopic (exact) mass is 824 g/mol. The van der Waals surface area contributed by atoms with Crippen LogP contribution in [0.3, 0.4) is 0 Å². The normalized spacial score (nSPS) is 12.1. The van der Waals surface area contributed by atoms with Gasteiger partial charge in [0.05, 0.1) is 0 Å². The van der Waals surface area contributed by atoms with Crippen LogP contribution in [0.15, 0.2) is 244 Å². The number of hydrogen-bond donors (Lipinski definition) is 0. The van der Waals surface area contributed by atoms with E-state index in [0.29, 0.717) is 0 Å². The SMILES string of the molecule is c1cc2ccc1C[n+]1ccc(cc1)-c1ccc(cc1)-c1cc[n+](cc1)Cc1ccc(cc1)-c1ccc(cc1)C[n+]1ccc(cc1)-c1ccc(cc1)-c1cc[n+](cc1)Cc1ccc-2cc1. The van der Waals surface area contributed by atoms with Crippen LogP contribution in [0, 0.1) is 0 Å². The molecule has 0 N–H and O–H groups in total. The molecule has 0 fully saturated rings. The topological polar surface area (TPSA) is 15.5 Å². The van der Waals surface area contributed by atoms with Crippen molar-refractivity contribution in [2.45, 2.75) is 26.2 Å². The maximum Gasteiger partial charge on any atom is 0.173 e. The molecule has 28 aliphatic rings. The Bertz CT molecular complexity index is 2700. The third-order valence-corrected chi connectivity index (χ3v) is 12.6. The lowest BCUT2D eigenvalue weighted by Crippen LogP contribution is -2.33. The third-order valence-electron chi connectivity index (χ3n) is 12.6. The van der Waals surface area contributed by atoms with E-state index in [4.69, 9.17) is 0 Å². The van der Waals surface area contributed by atoms with Crippen molar-refractivity contribution in [3.8, 4) is 66.8 Å². The molecule has 304 valence electrons. The van der Waals surface area contributed by atoms with Crippen molar-refractivity contribution < 1.29 is 18.3 Å². The smallest absolute Gasteiger partial charge is 0.173 e. The van der Waals surface area contributed by atoms with E-state index in [0.717, 1.165) is 26.2 Å². The summed E-state index contributed by atoms with van der Waals surface area (Å²) >= 11 is 0. The van der Waals surface area contributed by atoms with Gasteiger partial charge in [0.2, 0.25) is 0 Å². The minimum atomic E-state index is 0.821. The molecule has 0 aliphatic carbocycles. The summed E-state index contributed by atoms with van der Waals surface area (Å²) in [6.45, 7) is 3.28. The highest BCUT2D eigenvalue weighted by Crippen LogP contribution is 2.27. The molecule has 0 atom stereocenters. The molecule has 0 spiro atoms. The van der Waals surface area contributed by atoms with E-state index in [9.17, 15) is 0 Å². The van der Waals surface area contributed by atoms with Crippen LogP contribution in [0.1, 0.15) is 22.3 Å². The largest absolute Gasteiger partial charge is 0.201 e. The van der Waals surface area contributed by atoms with Gasteiger partial charge in [0.25, 0.3) is 0 Å². The highest BCUT2D eigenvalue weighted by atomic mass is 14.9. The molecule has 64 heavy (non-hydrogen) atoms.